The second-order valence-electron chi connectivity index (χ2n) is 6.17. The summed E-state index contributed by atoms with van der Waals surface area (Å²) in [7, 11) is 2.07. The van der Waals surface area contributed by atoms with Crippen molar-refractivity contribution in [3.63, 3.8) is 0 Å². The smallest absolute Gasteiger partial charge is 0.255 e. The third-order valence-corrected chi connectivity index (χ3v) is 4.58. The molecule has 1 aromatic carbocycles. The Morgan fingerprint density at radius 3 is 2.79 bits per heavy atom. The summed E-state index contributed by atoms with van der Waals surface area (Å²) in [6.07, 6.45) is 1.83. The van der Waals surface area contributed by atoms with Crippen molar-refractivity contribution in [2.24, 2.45) is 0 Å². The number of aryl methyl sites for hydroxylation is 1. The van der Waals surface area contributed by atoms with Gasteiger partial charge in [0.15, 0.2) is 5.65 Å². The summed E-state index contributed by atoms with van der Waals surface area (Å²) >= 11 is 0. The molecule has 0 unspecified atom stereocenters. The summed E-state index contributed by atoms with van der Waals surface area (Å²) in [6, 6.07) is 11.9. The lowest BCUT2D eigenvalue weighted by Crippen LogP contribution is -2.34. The molecule has 0 bridgehead atoms. The Hall–Kier alpha value is -2.89. The van der Waals surface area contributed by atoms with E-state index in [2.05, 4.69) is 34.3 Å². The Kier molecular flexibility index (Phi) is 3.45. The number of aromatic nitrogens is 3. The van der Waals surface area contributed by atoms with Crippen LogP contribution in [0.1, 0.15) is 21.7 Å². The Bertz CT molecular complexity index is 917. The molecule has 2 aromatic heterocycles. The number of nitrogens with zero attached hydrogens (tertiary/aromatic N) is 5. The fourth-order valence-corrected chi connectivity index (χ4v) is 3.18. The number of hydrogen-bond donors (Lipinski definition) is 0. The zero-order chi connectivity index (χ0) is 16.7. The van der Waals surface area contributed by atoms with E-state index in [9.17, 15) is 4.79 Å². The van der Waals surface area contributed by atoms with Gasteiger partial charge in [-0.3, -0.25) is 9.20 Å². The zero-order valence-electron chi connectivity index (χ0n) is 13.8. The zero-order valence-corrected chi connectivity index (χ0v) is 13.8. The third kappa shape index (κ3) is 2.40. The molecule has 0 spiro atoms. The predicted octanol–water partition coefficient (Wildman–Crippen LogP) is 2.13. The molecule has 0 N–H and O–H groups in total. The highest BCUT2D eigenvalue weighted by Gasteiger charge is 2.22. The van der Waals surface area contributed by atoms with Crippen LogP contribution in [0.15, 0.2) is 42.6 Å². The van der Waals surface area contributed by atoms with Crippen LogP contribution in [0.3, 0.4) is 0 Å². The van der Waals surface area contributed by atoms with Gasteiger partial charge in [-0.2, -0.15) is 0 Å². The van der Waals surface area contributed by atoms with E-state index in [1.807, 2.05) is 46.7 Å². The van der Waals surface area contributed by atoms with Crippen molar-refractivity contribution in [1.82, 2.24) is 19.5 Å². The molecule has 6 heteroatoms. The maximum absolute atomic E-state index is 13.0. The highest BCUT2D eigenvalue weighted by molar-refractivity contribution is 5.94. The molecule has 1 aliphatic rings. The Balaban J connectivity index is 1.67. The predicted molar refractivity (Wildman–Crippen MR) is 92.2 cm³/mol. The first kappa shape index (κ1) is 14.7. The first-order valence-electron chi connectivity index (χ1n) is 8.03. The van der Waals surface area contributed by atoms with Gasteiger partial charge in [-0.05, 0) is 30.7 Å². The van der Waals surface area contributed by atoms with E-state index in [1.54, 1.807) is 0 Å². The molecular formula is C18H19N5O. The Morgan fingerprint density at radius 2 is 1.92 bits per heavy atom. The number of anilines is 1. The summed E-state index contributed by atoms with van der Waals surface area (Å²) in [6.45, 7) is 4.02. The fraction of sp³-hybridized carbons (Fsp3) is 0.278. The average molecular weight is 321 g/mol. The van der Waals surface area contributed by atoms with Gasteiger partial charge in [0.1, 0.15) is 5.82 Å². The van der Waals surface area contributed by atoms with Gasteiger partial charge in [0.05, 0.1) is 5.56 Å². The molecule has 1 aliphatic heterocycles. The van der Waals surface area contributed by atoms with Crippen LogP contribution in [0.5, 0.6) is 0 Å². The standard InChI is InChI=1S/C18H19N5O/c1-13-19-20-17-8-7-15(12-23(13)17)18(24)22-10-9-21(2)16-6-4-3-5-14(16)11-22/h3-8,12H,9-11H2,1-2H3. The van der Waals surface area contributed by atoms with Gasteiger partial charge in [0.2, 0.25) is 0 Å². The number of benzene rings is 1. The SMILES string of the molecule is Cc1nnc2ccc(C(=O)N3CCN(C)c4ccccc4C3)cn12. The quantitative estimate of drug-likeness (QED) is 0.689. The summed E-state index contributed by atoms with van der Waals surface area (Å²) in [5, 5.41) is 8.11. The third-order valence-electron chi connectivity index (χ3n) is 4.58. The number of para-hydroxylation sites is 1. The summed E-state index contributed by atoms with van der Waals surface area (Å²) < 4.78 is 1.85. The second-order valence-corrected chi connectivity index (χ2v) is 6.17. The first-order chi connectivity index (χ1) is 11.6. The fourth-order valence-electron chi connectivity index (χ4n) is 3.18. The number of carbonyl (C=O) groups is 1. The van der Waals surface area contributed by atoms with Crippen molar-refractivity contribution in [3.05, 3.63) is 59.5 Å². The molecule has 4 rings (SSSR count). The molecule has 6 nitrogen and oxygen atoms in total. The highest BCUT2D eigenvalue weighted by atomic mass is 16.2. The van der Waals surface area contributed by atoms with Gasteiger partial charge >= 0.3 is 0 Å². The van der Waals surface area contributed by atoms with Crippen molar-refractivity contribution >= 4 is 17.2 Å². The van der Waals surface area contributed by atoms with E-state index >= 15 is 0 Å². The van der Waals surface area contributed by atoms with E-state index < -0.39 is 0 Å². The van der Waals surface area contributed by atoms with Crippen LogP contribution in [0.4, 0.5) is 5.69 Å². The highest BCUT2D eigenvalue weighted by Crippen LogP contribution is 2.24. The number of rotatable bonds is 1. The summed E-state index contributed by atoms with van der Waals surface area (Å²) in [4.78, 5) is 17.1. The van der Waals surface area contributed by atoms with Crippen molar-refractivity contribution in [2.75, 3.05) is 25.0 Å². The molecule has 0 aliphatic carbocycles. The average Bonchev–Trinajstić information content (AvgIpc) is 2.89. The molecule has 0 atom stereocenters. The molecule has 1 amide bonds. The summed E-state index contributed by atoms with van der Waals surface area (Å²) in [5.74, 6) is 0.815. The number of fused-ring (bicyclic) bond motifs is 2. The maximum Gasteiger partial charge on any atom is 0.255 e. The van der Waals surface area contributed by atoms with Crippen LogP contribution in [-0.2, 0) is 6.54 Å². The minimum Gasteiger partial charge on any atom is -0.373 e. The largest absolute Gasteiger partial charge is 0.373 e. The molecule has 0 radical (unpaired) electrons. The van der Waals surface area contributed by atoms with Crippen LogP contribution < -0.4 is 4.90 Å². The molecule has 0 fully saturated rings. The molecule has 3 heterocycles. The van der Waals surface area contributed by atoms with Gasteiger partial charge < -0.3 is 9.80 Å². The van der Waals surface area contributed by atoms with E-state index in [0.29, 0.717) is 18.7 Å². The molecular weight excluding hydrogens is 302 g/mol. The van der Waals surface area contributed by atoms with Crippen molar-refractivity contribution in [3.8, 4) is 0 Å². The van der Waals surface area contributed by atoms with Crippen molar-refractivity contribution in [2.45, 2.75) is 13.5 Å². The van der Waals surface area contributed by atoms with Crippen LogP contribution in [0.25, 0.3) is 5.65 Å². The normalized spacial score (nSPS) is 14.6. The monoisotopic (exact) mass is 321 g/mol. The van der Waals surface area contributed by atoms with E-state index in [4.69, 9.17) is 0 Å². The van der Waals surface area contributed by atoms with E-state index in [0.717, 1.165) is 18.0 Å². The van der Waals surface area contributed by atoms with Crippen LogP contribution in [-0.4, -0.2) is 45.5 Å². The lowest BCUT2D eigenvalue weighted by Gasteiger charge is -2.21. The number of amides is 1. The molecule has 0 saturated carbocycles. The van der Waals surface area contributed by atoms with Gasteiger partial charge in [-0.25, -0.2) is 0 Å². The van der Waals surface area contributed by atoms with Gasteiger partial charge in [-0.15, -0.1) is 10.2 Å². The van der Waals surface area contributed by atoms with E-state index in [-0.39, 0.29) is 5.91 Å². The van der Waals surface area contributed by atoms with E-state index in [1.165, 1.54) is 11.3 Å². The molecule has 24 heavy (non-hydrogen) atoms. The number of carbonyl (C=O) groups excluding carboxylic acids is 1. The van der Waals surface area contributed by atoms with Crippen molar-refractivity contribution in [1.29, 1.82) is 0 Å². The summed E-state index contributed by atoms with van der Waals surface area (Å²) in [5.41, 5.74) is 3.78. The molecule has 122 valence electrons. The lowest BCUT2D eigenvalue weighted by atomic mass is 10.1. The molecule has 0 saturated heterocycles. The minimum atomic E-state index is 0.0371. The first-order valence-corrected chi connectivity index (χ1v) is 8.03. The topological polar surface area (TPSA) is 53.7 Å². The minimum absolute atomic E-state index is 0.0371. The van der Waals surface area contributed by atoms with Gasteiger partial charge in [0, 0.05) is 38.6 Å². The van der Waals surface area contributed by atoms with Crippen LogP contribution >= 0.6 is 0 Å². The van der Waals surface area contributed by atoms with Gasteiger partial charge in [-0.1, -0.05) is 18.2 Å². The second kappa shape index (κ2) is 5.63. The molecule has 3 aromatic rings. The Labute approximate surface area is 140 Å². The Morgan fingerprint density at radius 1 is 1.08 bits per heavy atom. The van der Waals surface area contributed by atoms with Gasteiger partial charge in [0.25, 0.3) is 5.91 Å². The number of pyridine rings is 1. The number of likely N-dealkylation sites (N-methyl/N-ethyl adjacent to an activating group) is 1. The lowest BCUT2D eigenvalue weighted by molar-refractivity contribution is 0.0751. The number of hydrogen-bond acceptors (Lipinski definition) is 4. The van der Waals surface area contributed by atoms with Crippen molar-refractivity contribution < 1.29 is 4.79 Å². The maximum atomic E-state index is 13.0. The van der Waals surface area contributed by atoms with Crippen LogP contribution in [0.2, 0.25) is 0 Å². The van der Waals surface area contributed by atoms with Crippen LogP contribution in [0, 0.1) is 6.92 Å².